The molecule has 1 aliphatic carbocycles. The van der Waals surface area contributed by atoms with Crippen LogP contribution in [0.15, 0.2) is 188 Å². The molecule has 9 rings (SSSR count). The molecule has 8 aromatic rings. The van der Waals surface area contributed by atoms with Gasteiger partial charge in [0.2, 0.25) is 0 Å². The van der Waals surface area contributed by atoms with Crippen LogP contribution in [0.4, 0.5) is 17.1 Å². The smallest absolute Gasteiger partial charge is 0.0465 e. The molecule has 0 saturated carbocycles. The third-order valence-electron chi connectivity index (χ3n) is 11.5. The van der Waals surface area contributed by atoms with Crippen molar-refractivity contribution in [2.45, 2.75) is 32.1 Å². The van der Waals surface area contributed by atoms with E-state index >= 15 is 0 Å². The second kappa shape index (κ2) is 14.2. The summed E-state index contributed by atoms with van der Waals surface area (Å²) in [5.74, 6) is 0. The fourth-order valence-electron chi connectivity index (χ4n) is 8.66. The van der Waals surface area contributed by atoms with Gasteiger partial charge in [0.15, 0.2) is 0 Å². The summed E-state index contributed by atoms with van der Waals surface area (Å²) in [6, 6.07) is 68.6. The molecule has 0 amide bonds. The van der Waals surface area contributed by atoms with Gasteiger partial charge in [-0.1, -0.05) is 166 Å². The molecule has 0 aromatic heterocycles. The summed E-state index contributed by atoms with van der Waals surface area (Å²) in [4.78, 5) is 2.38. The third-order valence-corrected chi connectivity index (χ3v) is 11.5. The first-order valence-corrected chi connectivity index (χ1v) is 19.2. The van der Waals surface area contributed by atoms with Gasteiger partial charge in [-0.25, -0.2) is 0 Å². The molecule has 0 unspecified atom stereocenters. The highest BCUT2D eigenvalue weighted by Crippen LogP contribution is 2.54. The monoisotopic (exact) mass is 693 g/mol. The Kier molecular flexibility index (Phi) is 8.77. The Bertz CT molecular complexity index is 2560. The Labute approximate surface area is 319 Å². The molecule has 1 aliphatic rings. The molecule has 8 aromatic carbocycles. The molecule has 0 aliphatic heterocycles. The number of benzene rings is 8. The number of hydrogen-bond acceptors (Lipinski definition) is 1. The van der Waals surface area contributed by atoms with Crippen LogP contribution in [0.5, 0.6) is 0 Å². The minimum absolute atomic E-state index is 0.0712. The Morgan fingerprint density at radius 3 is 1.56 bits per heavy atom. The van der Waals surface area contributed by atoms with Crippen molar-refractivity contribution in [2.24, 2.45) is 0 Å². The molecule has 1 heteroatoms. The molecule has 0 atom stereocenters. The summed E-state index contributed by atoms with van der Waals surface area (Å²) in [6.45, 7) is 4.71. The van der Waals surface area contributed by atoms with Crippen LogP contribution >= 0.6 is 0 Å². The average molecular weight is 694 g/mol. The van der Waals surface area contributed by atoms with Crippen molar-refractivity contribution in [3.05, 3.63) is 210 Å². The zero-order valence-electron chi connectivity index (χ0n) is 30.9. The number of anilines is 3. The maximum Gasteiger partial charge on any atom is 0.0465 e. The van der Waals surface area contributed by atoms with Gasteiger partial charge in [0.05, 0.1) is 0 Å². The van der Waals surface area contributed by atoms with Crippen molar-refractivity contribution in [1.82, 2.24) is 0 Å². The quantitative estimate of drug-likeness (QED) is 0.136. The highest BCUT2D eigenvalue weighted by molar-refractivity contribution is 5.94. The zero-order chi connectivity index (χ0) is 36.5. The molecule has 0 spiro atoms. The van der Waals surface area contributed by atoms with Gasteiger partial charge in [-0.15, -0.1) is 0 Å². The Hall–Kier alpha value is -6.44. The zero-order valence-corrected chi connectivity index (χ0v) is 30.9. The second-order valence-electron chi connectivity index (χ2n) is 14.4. The summed E-state index contributed by atoms with van der Waals surface area (Å²) in [6.07, 6.45) is 6.68. The van der Waals surface area contributed by atoms with E-state index < -0.39 is 0 Å². The number of hydrogen-bond donors (Lipinski definition) is 0. The lowest BCUT2D eigenvalue weighted by Gasteiger charge is -2.32. The molecule has 1 nitrogen and oxygen atoms in total. The van der Waals surface area contributed by atoms with E-state index in [4.69, 9.17) is 0 Å². The summed E-state index contributed by atoms with van der Waals surface area (Å²) < 4.78 is 0. The van der Waals surface area contributed by atoms with Gasteiger partial charge in [0.1, 0.15) is 0 Å². The normalized spacial score (nSPS) is 12.9. The van der Waals surface area contributed by atoms with E-state index in [0.29, 0.717) is 0 Å². The third kappa shape index (κ3) is 5.93. The van der Waals surface area contributed by atoms with Crippen molar-refractivity contribution in [3.63, 3.8) is 0 Å². The molecule has 260 valence electrons. The molecular weight excluding hydrogens is 651 g/mol. The lowest BCUT2D eigenvalue weighted by Crippen LogP contribution is -2.23. The first-order valence-electron chi connectivity index (χ1n) is 19.2. The SMILES string of the molecule is CCC1(CC)c2cc(C=Cc3cc4ccccc4cc3-c3ccc(-c4ccccc4)cc3)ccc2-c2ccc(N(c3ccccc3)c3ccccc3)cc21. The fraction of sp³-hybridized carbons (Fsp3) is 0.0943. The van der Waals surface area contributed by atoms with Crippen LogP contribution in [-0.2, 0) is 5.41 Å². The van der Waals surface area contributed by atoms with Gasteiger partial charge in [-0.05, 0) is 128 Å². The first kappa shape index (κ1) is 33.4. The van der Waals surface area contributed by atoms with Crippen LogP contribution in [0.3, 0.4) is 0 Å². The first-order chi connectivity index (χ1) is 26.6. The highest BCUT2D eigenvalue weighted by Gasteiger charge is 2.41. The highest BCUT2D eigenvalue weighted by atomic mass is 15.1. The second-order valence-corrected chi connectivity index (χ2v) is 14.4. The van der Waals surface area contributed by atoms with Crippen LogP contribution in [-0.4, -0.2) is 0 Å². The summed E-state index contributed by atoms with van der Waals surface area (Å²) in [7, 11) is 0. The summed E-state index contributed by atoms with van der Waals surface area (Å²) >= 11 is 0. The molecule has 0 radical (unpaired) electrons. The van der Waals surface area contributed by atoms with Gasteiger partial charge in [0, 0.05) is 22.5 Å². The largest absolute Gasteiger partial charge is 0.310 e. The van der Waals surface area contributed by atoms with Crippen molar-refractivity contribution >= 4 is 40.0 Å². The molecule has 0 saturated heterocycles. The van der Waals surface area contributed by atoms with Gasteiger partial charge >= 0.3 is 0 Å². The Morgan fingerprint density at radius 2 is 0.926 bits per heavy atom. The van der Waals surface area contributed by atoms with Crippen LogP contribution < -0.4 is 4.90 Å². The van der Waals surface area contributed by atoms with Crippen molar-refractivity contribution in [3.8, 4) is 33.4 Å². The van der Waals surface area contributed by atoms with Crippen LogP contribution in [0.25, 0.3) is 56.3 Å². The van der Waals surface area contributed by atoms with Crippen LogP contribution in [0.2, 0.25) is 0 Å². The van der Waals surface area contributed by atoms with E-state index in [1.807, 2.05) is 0 Å². The summed E-state index contributed by atoms with van der Waals surface area (Å²) in [5.41, 5.74) is 16.4. The summed E-state index contributed by atoms with van der Waals surface area (Å²) in [5, 5.41) is 2.50. The maximum atomic E-state index is 2.46. The lowest BCUT2D eigenvalue weighted by molar-refractivity contribution is 0.490. The Morgan fingerprint density at radius 1 is 0.407 bits per heavy atom. The fourth-order valence-corrected chi connectivity index (χ4v) is 8.66. The molecule has 0 N–H and O–H groups in total. The van der Waals surface area contributed by atoms with E-state index in [1.165, 1.54) is 72.1 Å². The maximum absolute atomic E-state index is 2.46. The molecule has 0 heterocycles. The Balaban J connectivity index is 1.10. The van der Waals surface area contributed by atoms with Crippen molar-refractivity contribution < 1.29 is 0 Å². The van der Waals surface area contributed by atoms with Crippen molar-refractivity contribution in [2.75, 3.05) is 4.90 Å². The predicted octanol–water partition coefficient (Wildman–Crippen LogP) is 14.9. The average Bonchev–Trinajstić information content (AvgIpc) is 3.52. The minimum atomic E-state index is -0.0712. The van der Waals surface area contributed by atoms with E-state index in [1.54, 1.807) is 0 Å². The predicted molar refractivity (Wildman–Crippen MR) is 232 cm³/mol. The van der Waals surface area contributed by atoms with E-state index in [-0.39, 0.29) is 5.41 Å². The number of para-hydroxylation sites is 2. The standard InChI is InChI=1S/C53H43N/c1-3-53(4-2)51-34-38(25-32-48(51)49-33-31-47(37-52(49)53)54(45-20-10-6-11-21-45)46-22-12-7-13-23-46)24-26-44-35-42-18-14-15-19-43(42)36-50(44)41-29-27-40(28-30-41)39-16-8-5-9-17-39/h5-37H,3-4H2,1-2H3. The van der Waals surface area contributed by atoms with Gasteiger partial charge in [-0.3, -0.25) is 0 Å². The van der Waals surface area contributed by atoms with Gasteiger partial charge in [0.25, 0.3) is 0 Å². The van der Waals surface area contributed by atoms with E-state index in [2.05, 4.69) is 219 Å². The molecular formula is C53H43N. The number of rotatable bonds is 9. The van der Waals surface area contributed by atoms with E-state index in [0.717, 1.165) is 24.2 Å². The topological polar surface area (TPSA) is 3.24 Å². The van der Waals surface area contributed by atoms with Crippen LogP contribution in [0.1, 0.15) is 48.9 Å². The van der Waals surface area contributed by atoms with Crippen molar-refractivity contribution in [1.29, 1.82) is 0 Å². The van der Waals surface area contributed by atoms with Gasteiger partial charge < -0.3 is 4.90 Å². The van der Waals surface area contributed by atoms with Crippen LogP contribution in [0, 0.1) is 0 Å². The number of nitrogens with zero attached hydrogens (tertiary/aromatic N) is 1. The lowest BCUT2D eigenvalue weighted by atomic mass is 9.73. The number of fused-ring (bicyclic) bond motifs is 4. The van der Waals surface area contributed by atoms with Gasteiger partial charge in [-0.2, -0.15) is 0 Å². The van der Waals surface area contributed by atoms with E-state index in [9.17, 15) is 0 Å². The minimum Gasteiger partial charge on any atom is -0.310 e. The molecule has 0 fully saturated rings. The molecule has 0 bridgehead atoms. The molecule has 54 heavy (non-hydrogen) atoms.